The van der Waals surface area contributed by atoms with Gasteiger partial charge in [-0.15, -0.1) is 0 Å². The SMILES string of the molecule is [CH2]COC(=O)C(=C)CCCO. The maximum Gasteiger partial charge on any atom is 0.333 e. The normalized spacial score (nSPS) is 9.27. The summed E-state index contributed by atoms with van der Waals surface area (Å²) in [4.78, 5) is 10.8. The molecule has 0 aromatic carbocycles. The molecule has 0 heterocycles. The largest absolute Gasteiger partial charge is 0.462 e. The molecule has 0 aliphatic rings. The molecule has 0 saturated carbocycles. The Hall–Kier alpha value is -0.830. The van der Waals surface area contributed by atoms with E-state index in [2.05, 4.69) is 18.2 Å². The van der Waals surface area contributed by atoms with Crippen molar-refractivity contribution in [2.24, 2.45) is 0 Å². The molecular weight excluding hydrogens is 144 g/mol. The minimum Gasteiger partial charge on any atom is -0.462 e. The molecule has 3 heteroatoms. The van der Waals surface area contributed by atoms with Crippen LogP contribution in [0.1, 0.15) is 12.8 Å². The number of carbonyl (C=O) groups is 1. The van der Waals surface area contributed by atoms with Gasteiger partial charge in [-0.1, -0.05) is 6.58 Å². The summed E-state index contributed by atoms with van der Waals surface area (Å²) in [6.45, 7) is 7.04. The van der Waals surface area contributed by atoms with Crippen LogP contribution in [0.4, 0.5) is 0 Å². The Morgan fingerprint density at radius 3 is 2.64 bits per heavy atom. The summed E-state index contributed by atoms with van der Waals surface area (Å²) in [6.07, 6.45) is 1.03. The van der Waals surface area contributed by atoms with Gasteiger partial charge in [0.15, 0.2) is 0 Å². The van der Waals surface area contributed by atoms with E-state index >= 15 is 0 Å². The molecule has 0 aromatic rings. The fraction of sp³-hybridized carbons (Fsp3) is 0.500. The van der Waals surface area contributed by atoms with Crippen molar-refractivity contribution < 1.29 is 14.6 Å². The van der Waals surface area contributed by atoms with Crippen LogP contribution in [0.25, 0.3) is 0 Å². The Morgan fingerprint density at radius 2 is 2.18 bits per heavy atom. The summed E-state index contributed by atoms with van der Waals surface area (Å²) in [5.74, 6) is -0.423. The van der Waals surface area contributed by atoms with Crippen molar-refractivity contribution in [2.75, 3.05) is 13.2 Å². The maximum atomic E-state index is 10.8. The van der Waals surface area contributed by atoms with Crippen LogP contribution in [0.3, 0.4) is 0 Å². The van der Waals surface area contributed by atoms with Crippen LogP contribution < -0.4 is 0 Å². The predicted octanol–water partition coefficient (Wildman–Crippen LogP) is 0.692. The van der Waals surface area contributed by atoms with E-state index in [1.54, 1.807) is 0 Å². The summed E-state index contributed by atoms with van der Waals surface area (Å²) in [5.41, 5.74) is 0.391. The smallest absolute Gasteiger partial charge is 0.333 e. The third-order valence-corrected chi connectivity index (χ3v) is 1.16. The number of hydrogen-bond donors (Lipinski definition) is 1. The van der Waals surface area contributed by atoms with Gasteiger partial charge in [0.05, 0.1) is 6.61 Å². The van der Waals surface area contributed by atoms with E-state index in [1.165, 1.54) is 0 Å². The Kier molecular flexibility index (Phi) is 5.47. The zero-order valence-corrected chi connectivity index (χ0v) is 6.51. The quantitative estimate of drug-likeness (QED) is 0.472. The van der Waals surface area contributed by atoms with E-state index in [9.17, 15) is 4.79 Å². The van der Waals surface area contributed by atoms with Crippen molar-refractivity contribution in [3.63, 3.8) is 0 Å². The highest BCUT2D eigenvalue weighted by Gasteiger charge is 2.05. The van der Waals surface area contributed by atoms with Gasteiger partial charge in [-0.05, 0) is 19.8 Å². The van der Waals surface area contributed by atoms with Crippen molar-refractivity contribution in [1.82, 2.24) is 0 Å². The first-order chi connectivity index (χ1) is 5.22. The van der Waals surface area contributed by atoms with Crippen LogP contribution in [0.2, 0.25) is 0 Å². The molecule has 0 atom stereocenters. The van der Waals surface area contributed by atoms with Crippen molar-refractivity contribution in [1.29, 1.82) is 0 Å². The van der Waals surface area contributed by atoms with E-state index in [1.807, 2.05) is 0 Å². The molecule has 63 valence electrons. The number of esters is 1. The second-order valence-electron chi connectivity index (χ2n) is 2.07. The predicted molar refractivity (Wildman–Crippen MR) is 41.8 cm³/mol. The van der Waals surface area contributed by atoms with Gasteiger partial charge < -0.3 is 9.84 Å². The molecule has 0 amide bonds. The van der Waals surface area contributed by atoms with Crippen molar-refractivity contribution in [3.05, 3.63) is 19.1 Å². The molecule has 1 radical (unpaired) electrons. The molecule has 0 unspecified atom stereocenters. The first-order valence-electron chi connectivity index (χ1n) is 3.47. The molecular formula is C8H13O3. The molecule has 1 N–H and O–H groups in total. The Morgan fingerprint density at radius 1 is 1.55 bits per heavy atom. The van der Waals surface area contributed by atoms with Gasteiger partial charge in [-0.25, -0.2) is 4.79 Å². The molecule has 0 aliphatic heterocycles. The molecule has 11 heavy (non-hydrogen) atoms. The second-order valence-corrected chi connectivity index (χ2v) is 2.07. The third kappa shape index (κ3) is 4.56. The zero-order chi connectivity index (χ0) is 8.69. The summed E-state index contributed by atoms with van der Waals surface area (Å²) in [7, 11) is 0. The van der Waals surface area contributed by atoms with Gasteiger partial charge in [0.2, 0.25) is 0 Å². The van der Waals surface area contributed by atoms with Crippen LogP contribution in [0.15, 0.2) is 12.2 Å². The molecule has 0 fully saturated rings. The standard InChI is InChI=1S/C8H13O3/c1-3-11-8(10)7(2)5-4-6-9/h9H,1-6H2. The van der Waals surface area contributed by atoms with E-state index < -0.39 is 5.97 Å². The number of rotatable bonds is 5. The zero-order valence-electron chi connectivity index (χ0n) is 6.51. The molecule has 0 rings (SSSR count). The van der Waals surface area contributed by atoms with Crippen molar-refractivity contribution >= 4 is 5.97 Å². The lowest BCUT2D eigenvalue weighted by Crippen LogP contribution is -2.07. The molecule has 0 aromatic heterocycles. The van der Waals surface area contributed by atoms with Gasteiger partial charge in [-0.2, -0.15) is 0 Å². The molecule has 0 saturated heterocycles. The molecule has 0 aliphatic carbocycles. The van der Waals surface area contributed by atoms with Gasteiger partial charge in [-0.3, -0.25) is 0 Å². The Balaban J connectivity index is 3.56. The fourth-order valence-corrected chi connectivity index (χ4v) is 0.589. The summed E-state index contributed by atoms with van der Waals surface area (Å²) in [6, 6.07) is 0. The van der Waals surface area contributed by atoms with E-state index in [4.69, 9.17) is 5.11 Å². The monoisotopic (exact) mass is 157 g/mol. The van der Waals surface area contributed by atoms with Crippen molar-refractivity contribution in [3.8, 4) is 0 Å². The van der Waals surface area contributed by atoms with E-state index in [0.29, 0.717) is 18.4 Å². The average Bonchev–Trinajstić information content (AvgIpc) is 2.00. The van der Waals surface area contributed by atoms with Crippen LogP contribution in [-0.4, -0.2) is 24.3 Å². The number of hydrogen-bond acceptors (Lipinski definition) is 3. The first-order valence-corrected chi connectivity index (χ1v) is 3.47. The lowest BCUT2D eigenvalue weighted by atomic mass is 10.2. The maximum absolute atomic E-state index is 10.8. The number of aliphatic hydroxyl groups excluding tert-OH is 1. The number of ether oxygens (including phenoxy) is 1. The average molecular weight is 157 g/mol. The molecule has 3 nitrogen and oxygen atoms in total. The minimum atomic E-state index is -0.423. The molecule has 0 spiro atoms. The number of aliphatic hydroxyl groups is 1. The Bertz CT molecular complexity index is 140. The highest BCUT2D eigenvalue weighted by Crippen LogP contribution is 2.03. The lowest BCUT2D eigenvalue weighted by molar-refractivity contribution is -0.138. The van der Waals surface area contributed by atoms with Gasteiger partial charge in [0.1, 0.15) is 0 Å². The van der Waals surface area contributed by atoms with Crippen LogP contribution in [-0.2, 0) is 9.53 Å². The topological polar surface area (TPSA) is 46.5 Å². The van der Waals surface area contributed by atoms with Crippen molar-refractivity contribution in [2.45, 2.75) is 12.8 Å². The lowest BCUT2D eigenvalue weighted by Gasteiger charge is -2.02. The first kappa shape index (κ1) is 10.2. The van der Waals surface area contributed by atoms with E-state index in [-0.39, 0.29) is 13.2 Å². The second kappa shape index (κ2) is 5.92. The molecule has 0 bridgehead atoms. The fourth-order valence-electron chi connectivity index (χ4n) is 0.589. The highest BCUT2D eigenvalue weighted by molar-refractivity contribution is 5.87. The van der Waals surface area contributed by atoms with Crippen LogP contribution in [0.5, 0.6) is 0 Å². The number of carbonyl (C=O) groups excluding carboxylic acids is 1. The van der Waals surface area contributed by atoms with Crippen LogP contribution >= 0.6 is 0 Å². The summed E-state index contributed by atoms with van der Waals surface area (Å²) >= 11 is 0. The van der Waals surface area contributed by atoms with Crippen LogP contribution in [0, 0.1) is 6.92 Å². The summed E-state index contributed by atoms with van der Waals surface area (Å²) in [5, 5.41) is 8.42. The minimum absolute atomic E-state index is 0.0661. The Labute approximate surface area is 66.7 Å². The third-order valence-electron chi connectivity index (χ3n) is 1.16. The van der Waals surface area contributed by atoms with Gasteiger partial charge in [0, 0.05) is 12.2 Å². The van der Waals surface area contributed by atoms with E-state index in [0.717, 1.165) is 0 Å². The van der Waals surface area contributed by atoms with Gasteiger partial charge >= 0.3 is 5.97 Å². The summed E-state index contributed by atoms with van der Waals surface area (Å²) < 4.78 is 4.57. The highest BCUT2D eigenvalue weighted by atomic mass is 16.5. The van der Waals surface area contributed by atoms with Gasteiger partial charge in [0.25, 0.3) is 0 Å².